The van der Waals surface area contributed by atoms with Gasteiger partial charge in [-0.1, -0.05) is 0 Å². The van der Waals surface area contributed by atoms with Crippen molar-refractivity contribution in [3.63, 3.8) is 0 Å². The molecule has 12 heavy (non-hydrogen) atoms. The molecule has 1 aliphatic heterocycles. The van der Waals surface area contributed by atoms with Gasteiger partial charge in [0.25, 0.3) is 5.56 Å². The van der Waals surface area contributed by atoms with E-state index in [0.29, 0.717) is 11.3 Å². The molecule has 0 atom stereocenters. The standard InChI is InChI=1S/C7H9N3OS/c11-6-4-1-2-8-3-5(4)9-7(12)10-6/h8H,1-3H2,(H2,9,10,11,12). The molecule has 0 aromatic carbocycles. The van der Waals surface area contributed by atoms with Gasteiger partial charge in [0.1, 0.15) is 0 Å². The first kappa shape index (κ1) is 7.70. The summed E-state index contributed by atoms with van der Waals surface area (Å²) in [5.74, 6) is 0. The first-order valence-corrected chi connectivity index (χ1v) is 4.23. The molecule has 3 N–H and O–H groups in total. The summed E-state index contributed by atoms with van der Waals surface area (Å²) in [6.07, 6.45) is 0.775. The predicted octanol–water partition coefficient (Wildman–Crippen LogP) is 0.0782. The summed E-state index contributed by atoms with van der Waals surface area (Å²) in [6.45, 7) is 1.57. The molecule has 0 unspecified atom stereocenters. The fourth-order valence-corrected chi connectivity index (χ4v) is 1.62. The number of H-pyrrole nitrogens is 2. The van der Waals surface area contributed by atoms with Crippen LogP contribution in [0.15, 0.2) is 4.79 Å². The van der Waals surface area contributed by atoms with Crippen LogP contribution in [0, 0.1) is 4.77 Å². The van der Waals surface area contributed by atoms with E-state index in [2.05, 4.69) is 15.3 Å². The fourth-order valence-electron chi connectivity index (χ4n) is 1.40. The molecule has 0 saturated carbocycles. The Kier molecular flexibility index (Phi) is 1.82. The predicted molar refractivity (Wildman–Crippen MR) is 47.7 cm³/mol. The van der Waals surface area contributed by atoms with Crippen molar-refractivity contribution >= 4 is 12.2 Å². The van der Waals surface area contributed by atoms with E-state index in [1.165, 1.54) is 0 Å². The van der Waals surface area contributed by atoms with E-state index in [-0.39, 0.29) is 5.56 Å². The molecular weight excluding hydrogens is 174 g/mol. The molecular formula is C7H9N3OS. The maximum atomic E-state index is 11.3. The number of hydrogen-bond donors (Lipinski definition) is 3. The highest BCUT2D eigenvalue weighted by Crippen LogP contribution is 2.04. The minimum atomic E-state index is -0.0461. The Balaban J connectivity index is 2.68. The van der Waals surface area contributed by atoms with Crippen molar-refractivity contribution in [2.24, 2.45) is 0 Å². The van der Waals surface area contributed by atoms with Crippen molar-refractivity contribution in [3.8, 4) is 0 Å². The molecule has 0 saturated heterocycles. The zero-order valence-corrected chi connectivity index (χ0v) is 7.25. The SMILES string of the molecule is O=c1[nH]c(=S)[nH]c2c1CCNC2. The average molecular weight is 183 g/mol. The number of fused-ring (bicyclic) bond motifs is 1. The molecule has 5 heteroatoms. The van der Waals surface area contributed by atoms with Gasteiger partial charge in [-0.15, -0.1) is 0 Å². The summed E-state index contributed by atoms with van der Waals surface area (Å²) < 4.78 is 0.405. The summed E-state index contributed by atoms with van der Waals surface area (Å²) in [5.41, 5.74) is 1.72. The minimum absolute atomic E-state index is 0.0461. The summed E-state index contributed by atoms with van der Waals surface area (Å²) in [7, 11) is 0. The van der Waals surface area contributed by atoms with Gasteiger partial charge >= 0.3 is 0 Å². The molecule has 0 amide bonds. The van der Waals surface area contributed by atoms with Crippen LogP contribution in [0.3, 0.4) is 0 Å². The molecule has 0 bridgehead atoms. The number of nitrogens with one attached hydrogen (secondary N) is 3. The third-order valence-corrected chi connectivity index (χ3v) is 2.19. The van der Waals surface area contributed by atoms with Gasteiger partial charge in [-0.2, -0.15) is 0 Å². The lowest BCUT2D eigenvalue weighted by Crippen LogP contribution is -2.30. The zero-order chi connectivity index (χ0) is 8.55. The average Bonchev–Trinajstić information content (AvgIpc) is 2.04. The molecule has 0 aliphatic carbocycles. The van der Waals surface area contributed by atoms with Gasteiger partial charge in [0.15, 0.2) is 4.77 Å². The Morgan fingerprint density at radius 3 is 3.00 bits per heavy atom. The van der Waals surface area contributed by atoms with Gasteiger partial charge in [-0.05, 0) is 25.2 Å². The lowest BCUT2D eigenvalue weighted by Gasteiger charge is -2.14. The van der Waals surface area contributed by atoms with Crippen molar-refractivity contribution in [2.75, 3.05) is 6.54 Å². The van der Waals surface area contributed by atoms with Crippen LogP contribution in [-0.2, 0) is 13.0 Å². The normalized spacial score (nSPS) is 15.7. The Morgan fingerprint density at radius 2 is 2.17 bits per heavy atom. The second-order valence-corrected chi connectivity index (χ2v) is 3.20. The van der Waals surface area contributed by atoms with Gasteiger partial charge in [0, 0.05) is 17.8 Å². The lowest BCUT2D eigenvalue weighted by molar-refractivity contribution is 0.617. The molecule has 1 aromatic heterocycles. The number of hydrogen-bond acceptors (Lipinski definition) is 3. The van der Waals surface area contributed by atoms with Crippen LogP contribution in [0.5, 0.6) is 0 Å². The Bertz CT molecular complexity index is 406. The molecule has 4 nitrogen and oxygen atoms in total. The van der Waals surface area contributed by atoms with Crippen molar-refractivity contribution in [1.29, 1.82) is 0 Å². The van der Waals surface area contributed by atoms with E-state index in [9.17, 15) is 4.79 Å². The van der Waals surface area contributed by atoms with Crippen molar-refractivity contribution in [2.45, 2.75) is 13.0 Å². The maximum Gasteiger partial charge on any atom is 0.255 e. The monoisotopic (exact) mass is 183 g/mol. The van der Waals surface area contributed by atoms with Crippen LogP contribution in [-0.4, -0.2) is 16.5 Å². The first-order chi connectivity index (χ1) is 5.77. The summed E-state index contributed by atoms with van der Waals surface area (Å²) in [4.78, 5) is 16.9. The van der Waals surface area contributed by atoms with E-state index >= 15 is 0 Å². The smallest absolute Gasteiger partial charge is 0.255 e. The van der Waals surface area contributed by atoms with Gasteiger partial charge in [-0.3, -0.25) is 9.78 Å². The molecule has 64 valence electrons. The maximum absolute atomic E-state index is 11.3. The molecule has 0 radical (unpaired) electrons. The minimum Gasteiger partial charge on any atom is -0.334 e. The molecule has 0 fully saturated rings. The Hall–Kier alpha value is -0.940. The van der Waals surface area contributed by atoms with Crippen LogP contribution in [0.1, 0.15) is 11.3 Å². The first-order valence-electron chi connectivity index (χ1n) is 3.82. The largest absolute Gasteiger partial charge is 0.334 e. The summed E-state index contributed by atoms with van der Waals surface area (Å²) in [5, 5.41) is 3.17. The molecule has 1 aromatic rings. The Morgan fingerprint density at radius 1 is 1.33 bits per heavy atom. The van der Waals surface area contributed by atoms with E-state index < -0.39 is 0 Å². The van der Waals surface area contributed by atoms with Crippen LogP contribution >= 0.6 is 12.2 Å². The van der Waals surface area contributed by atoms with E-state index in [0.717, 1.165) is 24.2 Å². The number of rotatable bonds is 0. The number of aromatic nitrogens is 2. The van der Waals surface area contributed by atoms with Crippen LogP contribution < -0.4 is 10.9 Å². The second kappa shape index (κ2) is 2.84. The van der Waals surface area contributed by atoms with Crippen molar-refractivity contribution in [1.82, 2.24) is 15.3 Å². The van der Waals surface area contributed by atoms with Crippen LogP contribution in [0.2, 0.25) is 0 Å². The highest BCUT2D eigenvalue weighted by Gasteiger charge is 2.11. The van der Waals surface area contributed by atoms with E-state index in [4.69, 9.17) is 12.2 Å². The van der Waals surface area contributed by atoms with Crippen molar-refractivity contribution in [3.05, 3.63) is 26.4 Å². The van der Waals surface area contributed by atoms with Gasteiger partial charge in [0.05, 0.1) is 0 Å². The number of aromatic amines is 2. The Labute approximate surface area is 74.0 Å². The van der Waals surface area contributed by atoms with Crippen LogP contribution in [0.25, 0.3) is 0 Å². The van der Waals surface area contributed by atoms with Gasteiger partial charge < -0.3 is 10.3 Å². The molecule has 1 aliphatic rings. The third kappa shape index (κ3) is 1.21. The van der Waals surface area contributed by atoms with Gasteiger partial charge in [-0.25, -0.2) is 0 Å². The third-order valence-electron chi connectivity index (χ3n) is 1.98. The quantitative estimate of drug-likeness (QED) is 0.499. The second-order valence-electron chi connectivity index (χ2n) is 2.79. The van der Waals surface area contributed by atoms with Crippen LogP contribution in [0.4, 0.5) is 0 Å². The van der Waals surface area contributed by atoms with Gasteiger partial charge in [0.2, 0.25) is 0 Å². The molecule has 2 rings (SSSR count). The van der Waals surface area contributed by atoms with E-state index in [1.807, 2.05) is 0 Å². The highest BCUT2D eigenvalue weighted by molar-refractivity contribution is 7.71. The topological polar surface area (TPSA) is 60.7 Å². The summed E-state index contributed by atoms with van der Waals surface area (Å²) in [6, 6.07) is 0. The highest BCUT2D eigenvalue weighted by atomic mass is 32.1. The summed E-state index contributed by atoms with van der Waals surface area (Å²) >= 11 is 4.85. The fraction of sp³-hybridized carbons (Fsp3) is 0.429. The molecule has 0 spiro atoms. The molecule has 2 heterocycles. The van der Waals surface area contributed by atoms with Crippen molar-refractivity contribution < 1.29 is 0 Å². The van der Waals surface area contributed by atoms with E-state index in [1.54, 1.807) is 0 Å². The zero-order valence-electron chi connectivity index (χ0n) is 6.44. The lowest BCUT2D eigenvalue weighted by atomic mass is 10.1.